The molecule has 0 aliphatic heterocycles. The van der Waals surface area contributed by atoms with Gasteiger partial charge in [0, 0.05) is 6.54 Å². The molecule has 1 heteroatoms. The molecule has 0 spiro atoms. The second kappa shape index (κ2) is 10.4. The Balaban J connectivity index is 2.76. The summed E-state index contributed by atoms with van der Waals surface area (Å²) in [5.41, 5.74) is 8.93. The first-order valence-electron chi connectivity index (χ1n) is 7.04. The number of benzene rings is 1. The molecule has 0 saturated heterocycles. The van der Waals surface area contributed by atoms with E-state index < -0.39 is 0 Å². The third-order valence-corrected chi connectivity index (χ3v) is 2.81. The Morgan fingerprint density at radius 3 is 2.43 bits per heavy atom. The zero-order valence-electron chi connectivity index (χ0n) is 12.4. The Hall–Kier alpha value is -2.38. The maximum Gasteiger partial charge on any atom is 0.0109 e. The minimum atomic E-state index is 0.553. The summed E-state index contributed by atoms with van der Waals surface area (Å²) in [4.78, 5) is 0. The molecule has 0 heterocycles. The van der Waals surface area contributed by atoms with Crippen LogP contribution in [0, 0.1) is 0 Å². The van der Waals surface area contributed by atoms with Crippen molar-refractivity contribution in [1.82, 2.24) is 0 Å². The lowest BCUT2D eigenvalue weighted by Gasteiger charge is -1.98. The number of rotatable bonds is 8. The van der Waals surface area contributed by atoms with E-state index in [-0.39, 0.29) is 0 Å². The van der Waals surface area contributed by atoms with E-state index in [4.69, 9.17) is 5.73 Å². The summed E-state index contributed by atoms with van der Waals surface area (Å²) < 4.78 is 0. The van der Waals surface area contributed by atoms with Gasteiger partial charge in [0.2, 0.25) is 0 Å². The van der Waals surface area contributed by atoms with Crippen molar-refractivity contribution in [3.05, 3.63) is 103 Å². The third kappa shape index (κ3) is 7.09. The van der Waals surface area contributed by atoms with Gasteiger partial charge in [0.15, 0.2) is 0 Å². The molecule has 1 aromatic rings. The lowest BCUT2D eigenvalue weighted by molar-refractivity contribution is 1.25. The van der Waals surface area contributed by atoms with Crippen molar-refractivity contribution in [3.63, 3.8) is 0 Å². The summed E-state index contributed by atoms with van der Waals surface area (Å²) in [6, 6.07) is 8.47. The molecule has 1 rings (SSSR count). The van der Waals surface area contributed by atoms with E-state index in [0.29, 0.717) is 6.54 Å². The van der Waals surface area contributed by atoms with Crippen LogP contribution in [0.5, 0.6) is 0 Å². The van der Waals surface area contributed by atoms with E-state index in [9.17, 15) is 0 Å². The van der Waals surface area contributed by atoms with E-state index >= 15 is 0 Å². The van der Waals surface area contributed by atoms with Crippen LogP contribution in [0.4, 0.5) is 0 Å². The molecule has 1 aromatic carbocycles. The predicted octanol–water partition coefficient (Wildman–Crippen LogP) is 4.61. The van der Waals surface area contributed by atoms with Crippen LogP contribution >= 0.6 is 0 Å². The topological polar surface area (TPSA) is 26.0 Å². The molecule has 0 aliphatic carbocycles. The monoisotopic (exact) mass is 277 g/mol. The van der Waals surface area contributed by atoms with Gasteiger partial charge in [0.05, 0.1) is 0 Å². The average molecular weight is 277 g/mol. The number of allylic oxidation sites excluding steroid dienone is 8. The molecular formula is C20H23N. The number of hydrogen-bond donors (Lipinski definition) is 1. The average Bonchev–Trinajstić information content (AvgIpc) is 2.51. The molecule has 0 aliphatic rings. The van der Waals surface area contributed by atoms with Crippen molar-refractivity contribution >= 4 is 6.08 Å². The first-order valence-corrected chi connectivity index (χ1v) is 7.04. The molecule has 21 heavy (non-hydrogen) atoms. The van der Waals surface area contributed by atoms with E-state index in [2.05, 4.69) is 49.6 Å². The van der Waals surface area contributed by atoms with Crippen LogP contribution in [0.15, 0.2) is 91.6 Å². The normalized spacial score (nSPS) is 12.5. The molecule has 0 saturated carbocycles. The third-order valence-electron chi connectivity index (χ3n) is 2.81. The fraction of sp³-hybridized carbons (Fsp3) is 0.100. The minimum absolute atomic E-state index is 0.553. The molecule has 0 aromatic heterocycles. The zero-order chi connectivity index (χ0) is 15.3. The molecule has 2 N–H and O–H groups in total. The first kappa shape index (κ1) is 16.7. The van der Waals surface area contributed by atoms with Gasteiger partial charge in [-0.05, 0) is 23.1 Å². The molecule has 0 unspecified atom stereocenters. The summed E-state index contributed by atoms with van der Waals surface area (Å²) in [7, 11) is 0. The Morgan fingerprint density at radius 2 is 1.81 bits per heavy atom. The van der Waals surface area contributed by atoms with Crippen molar-refractivity contribution in [2.24, 2.45) is 5.73 Å². The summed E-state index contributed by atoms with van der Waals surface area (Å²) in [5.74, 6) is 0. The second-order valence-electron chi connectivity index (χ2n) is 4.49. The van der Waals surface area contributed by atoms with Crippen molar-refractivity contribution in [1.29, 1.82) is 0 Å². The van der Waals surface area contributed by atoms with Crippen LogP contribution in [-0.4, -0.2) is 6.54 Å². The standard InChI is InChI=1S/C20H23N/c1-3-8-18(10-6-5-7-17-21)11-14-20-15-12-19(9-4-2)13-16-20/h3-8,10-16H,1-2,9,17,21H2/b7-5-,10-6+,14-11-,18-8-. The number of hydrogen-bond acceptors (Lipinski definition) is 1. The van der Waals surface area contributed by atoms with Gasteiger partial charge in [-0.15, -0.1) is 6.58 Å². The highest BCUT2D eigenvalue weighted by atomic mass is 14.5. The highest BCUT2D eigenvalue weighted by Crippen LogP contribution is 2.10. The SMILES string of the molecule is C=C/C=C(\C=C/c1ccc(CC=C)cc1)/C=C/C=C\CN. The fourth-order valence-electron chi connectivity index (χ4n) is 1.75. The van der Waals surface area contributed by atoms with E-state index in [1.165, 1.54) is 11.1 Å². The Labute approximate surface area is 128 Å². The van der Waals surface area contributed by atoms with Gasteiger partial charge in [0.25, 0.3) is 0 Å². The zero-order valence-corrected chi connectivity index (χ0v) is 12.4. The molecule has 108 valence electrons. The molecule has 0 fully saturated rings. The van der Waals surface area contributed by atoms with Gasteiger partial charge in [-0.2, -0.15) is 0 Å². The molecule has 1 nitrogen and oxygen atoms in total. The van der Waals surface area contributed by atoms with Gasteiger partial charge < -0.3 is 5.73 Å². The highest BCUT2D eigenvalue weighted by molar-refractivity contribution is 5.55. The molecule has 0 atom stereocenters. The first-order chi connectivity index (χ1) is 10.3. The molecule has 0 radical (unpaired) electrons. The van der Waals surface area contributed by atoms with Gasteiger partial charge in [-0.3, -0.25) is 0 Å². The fourth-order valence-corrected chi connectivity index (χ4v) is 1.75. The van der Waals surface area contributed by atoms with Gasteiger partial charge in [0.1, 0.15) is 0 Å². The molecule has 0 amide bonds. The lowest BCUT2D eigenvalue weighted by atomic mass is 10.1. The van der Waals surface area contributed by atoms with Crippen molar-refractivity contribution in [3.8, 4) is 0 Å². The van der Waals surface area contributed by atoms with Crippen molar-refractivity contribution in [2.75, 3.05) is 6.54 Å². The molecular weight excluding hydrogens is 254 g/mol. The maximum absolute atomic E-state index is 5.40. The highest BCUT2D eigenvalue weighted by Gasteiger charge is 1.90. The van der Waals surface area contributed by atoms with E-state index in [1.807, 2.05) is 36.5 Å². The second-order valence-corrected chi connectivity index (χ2v) is 4.49. The van der Waals surface area contributed by atoms with Crippen molar-refractivity contribution in [2.45, 2.75) is 6.42 Å². The Kier molecular flexibility index (Phi) is 8.27. The van der Waals surface area contributed by atoms with Crippen LogP contribution in [0.25, 0.3) is 6.08 Å². The summed E-state index contributed by atoms with van der Waals surface area (Å²) in [5, 5.41) is 0. The number of nitrogens with two attached hydrogens (primary N) is 1. The van der Waals surface area contributed by atoms with Gasteiger partial charge in [-0.1, -0.05) is 85.5 Å². The maximum atomic E-state index is 5.40. The Bertz CT molecular complexity index is 554. The Morgan fingerprint density at radius 1 is 1.05 bits per heavy atom. The van der Waals surface area contributed by atoms with Crippen LogP contribution in [0.1, 0.15) is 11.1 Å². The summed E-state index contributed by atoms with van der Waals surface area (Å²) in [6.07, 6.45) is 18.6. The van der Waals surface area contributed by atoms with Crippen LogP contribution in [0.3, 0.4) is 0 Å². The summed E-state index contributed by atoms with van der Waals surface area (Å²) >= 11 is 0. The van der Waals surface area contributed by atoms with Crippen LogP contribution in [0.2, 0.25) is 0 Å². The van der Waals surface area contributed by atoms with Crippen LogP contribution < -0.4 is 5.73 Å². The van der Waals surface area contributed by atoms with E-state index in [0.717, 1.165) is 12.0 Å². The lowest BCUT2D eigenvalue weighted by Crippen LogP contribution is -1.91. The largest absolute Gasteiger partial charge is 0.327 e. The van der Waals surface area contributed by atoms with Gasteiger partial charge >= 0.3 is 0 Å². The summed E-state index contributed by atoms with van der Waals surface area (Å²) in [6.45, 7) is 8.04. The molecule has 0 bridgehead atoms. The smallest absolute Gasteiger partial charge is 0.0109 e. The van der Waals surface area contributed by atoms with Gasteiger partial charge in [-0.25, -0.2) is 0 Å². The predicted molar refractivity (Wildman–Crippen MR) is 95.0 cm³/mol. The minimum Gasteiger partial charge on any atom is -0.327 e. The van der Waals surface area contributed by atoms with Crippen molar-refractivity contribution < 1.29 is 0 Å². The van der Waals surface area contributed by atoms with E-state index in [1.54, 1.807) is 6.08 Å². The quantitative estimate of drug-likeness (QED) is 0.545. The van der Waals surface area contributed by atoms with Crippen LogP contribution in [-0.2, 0) is 6.42 Å².